The lowest BCUT2D eigenvalue weighted by atomic mass is 9.98. The Hall–Kier alpha value is -3.64. The van der Waals surface area contributed by atoms with Crippen molar-refractivity contribution < 1.29 is 36.7 Å². The number of hydrogen-bond acceptors (Lipinski definition) is 9. The molecule has 3 fully saturated rings. The highest BCUT2D eigenvalue weighted by atomic mass is 32.1. The minimum absolute atomic E-state index is 0.0146. The molecular formula is C31H30F3N3O5S. The Morgan fingerprint density at radius 3 is 2.51 bits per heavy atom. The molecule has 3 aliphatic rings. The molecule has 12 heteroatoms. The zero-order chi connectivity index (χ0) is 29.9. The van der Waals surface area contributed by atoms with Crippen molar-refractivity contribution in [2.24, 2.45) is 0 Å². The zero-order valence-electron chi connectivity index (χ0n) is 23.6. The minimum Gasteiger partial charge on any atom is -0.494 e. The SMILES string of the molecule is COC(=O)c1cc(OC)c2nc(N3C4CCC3CC(OCc3c(-c5ccccc5C(F)(F)F)noc3C3CC3)C4)sc2c1. The molecule has 2 unspecified atom stereocenters. The molecule has 0 amide bonds. The Morgan fingerprint density at radius 1 is 1.09 bits per heavy atom. The number of hydrogen-bond donors (Lipinski definition) is 0. The van der Waals surface area contributed by atoms with E-state index in [-0.39, 0.29) is 42.0 Å². The first kappa shape index (κ1) is 28.1. The summed E-state index contributed by atoms with van der Waals surface area (Å²) in [6.45, 7) is 0.148. The third-order valence-electron chi connectivity index (χ3n) is 8.72. The minimum atomic E-state index is -4.51. The summed E-state index contributed by atoms with van der Waals surface area (Å²) in [4.78, 5) is 19.5. The van der Waals surface area contributed by atoms with E-state index in [0.717, 1.165) is 54.4 Å². The van der Waals surface area contributed by atoms with Crippen molar-refractivity contribution in [2.75, 3.05) is 19.1 Å². The maximum absolute atomic E-state index is 13.8. The third kappa shape index (κ3) is 5.14. The number of ether oxygens (including phenoxy) is 3. The molecule has 43 heavy (non-hydrogen) atoms. The summed E-state index contributed by atoms with van der Waals surface area (Å²) < 4.78 is 64.9. The average Bonchev–Trinajstić information content (AvgIpc) is 3.51. The third-order valence-corrected chi connectivity index (χ3v) is 9.73. The van der Waals surface area contributed by atoms with Crippen LogP contribution in [0, 0.1) is 0 Å². The van der Waals surface area contributed by atoms with Crippen molar-refractivity contribution in [1.29, 1.82) is 0 Å². The van der Waals surface area contributed by atoms with Gasteiger partial charge >= 0.3 is 12.1 Å². The first-order valence-corrected chi connectivity index (χ1v) is 15.2. The van der Waals surface area contributed by atoms with E-state index in [4.69, 9.17) is 23.7 Å². The topological polar surface area (TPSA) is 86.9 Å². The largest absolute Gasteiger partial charge is 0.494 e. The summed E-state index contributed by atoms with van der Waals surface area (Å²) in [6.07, 6.45) is 0.830. The van der Waals surface area contributed by atoms with Crippen molar-refractivity contribution >= 4 is 32.7 Å². The van der Waals surface area contributed by atoms with Gasteiger partial charge in [0.2, 0.25) is 0 Å². The highest BCUT2D eigenvalue weighted by Gasteiger charge is 2.43. The predicted molar refractivity (Wildman–Crippen MR) is 154 cm³/mol. The molecule has 7 rings (SSSR count). The number of fused-ring (bicyclic) bond motifs is 3. The fourth-order valence-corrected chi connectivity index (χ4v) is 7.71. The van der Waals surface area contributed by atoms with Gasteiger partial charge < -0.3 is 23.6 Å². The van der Waals surface area contributed by atoms with E-state index in [0.29, 0.717) is 28.2 Å². The van der Waals surface area contributed by atoms with Crippen LogP contribution in [-0.4, -0.2) is 48.5 Å². The molecule has 226 valence electrons. The van der Waals surface area contributed by atoms with Crippen LogP contribution in [0.3, 0.4) is 0 Å². The second-order valence-electron chi connectivity index (χ2n) is 11.4. The van der Waals surface area contributed by atoms with E-state index in [1.54, 1.807) is 25.3 Å². The van der Waals surface area contributed by atoms with E-state index in [1.807, 2.05) is 0 Å². The van der Waals surface area contributed by atoms with Gasteiger partial charge in [0.15, 0.2) is 5.13 Å². The predicted octanol–water partition coefficient (Wildman–Crippen LogP) is 7.36. The van der Waals surface area contributed by atoms with Gasteiger partial charge in [-0.15, -0.1) is 0 Å². The maximum Gasteiger partial charge on any atom is 0.417 e. The molecule has 8 nitrogen and oxygen atoms in total. The number of halogens is 3. The lowest BCUT2D eigenvalue weighted by molar-refractivity contribution is -0.137. The van der Waals surface area contributed by atoms with Crippen molar-refractivity contribution in [1.82, 2.24) is 10.1 Å². The van der Waals surface area contributed by atoms with Crippen LogP contribution in [0.15, 0.2) is 40.9 Å². The highest BCUT2D eigenvalue weighted by Crippen LogP contribution is 2.47. The van der Waals surface area contributed by atoms with Crippen LogP contribution in [0.2, 0.25) is 0 Å². The first-order chi connectivity index (χ1) is 20.7. The van der Waals surface area contributed by atoms with E-state index in [9.17, 15) is 18.0 Å². The van der Waals surface area contributed by atoms with Gasteiger partial charge in [0, 0.05) is 29.1 Å². The maximum atomic E-state index is 13.8. The number of piperidine rings is 1. The molecule has 4 aromatic rings. The van der Waals surface area contributed by atoms with Crippen LogP contribution in [0.5, 0.6) is 5.75 Å². The number of esters is 1. The van der Waals surface area contributed by atoms with Gasteiger partial charge in [-0.05, 0) is 56.7 Å². The van der Waals surface area contributed by atoms with Crippen LogP contribution < -0.4 is 9.64 Å². The molecule has 1 saturated carbocycles. The summed E-state index contributed by atoms with van der Waals surface area (Å²) in [5, 5.41) is 5.00. The van der Waals surface area contributed by atoms with Crippen LogP contribution in [0.4, 0.5) is 18.3 Å². The number of thiazole rings is 1. The smallest absolute Gasteiger partial charge is 0.417 e. The van der Waals surface area contributed by atoms with Gasteiger partial charge in [-0.2, -0.15) is 13.2 Å². The second-order valence-corrected chi connectivity index (χ2v) is 12.4. The highest BCUT2D eigenvalue weighted by molar-refractivity contribution is 7.22. The van der Waals surface area contributed by atoms with Gasteiger partial charge in [-0.1, -0.05) is 34.7 Å². The molecule has 2 saturated heterocycles. The van der Waals surface area contributed by atoms with Crippen LogP contribution in [-0.2, 0) is 22.3 Å². The van der Waals surface area contributed by atoms with Crippen LogP contribution in [0.1, 0.15) is 71.7 Å². The molecule has 2 bridgehead atoms. The Balaban J connectivity index is 1.11. The second kappa shape index (κ2) is 10.8. The number of benzene rings is 2. The number of nitrogens with zero attached hydrogens (tertiary/aromatic N) is 3. The molecule has 4 heterocycles. The summed E-state index contributed by atoms with van der Waals surface area (Å²) in [5.74, 6) is 0.902. The molecule has 0 spiro atoms. The molecular weight excluding hydrogens is 583 g/mol. The fraction of sp³-hybridized carbons (Fsp3) is 0.452. The standard InChI is InChI=1S/C31H30F3N3O5S/c1-39-24-11-17(29(38)40-2)12-25-27(24)35-30(43-25)37-18-9-10-19(37)14-20(13-18)41-15-22-26(36-42-28(22)16-7-8-16)21-5-3-4-6-23(21)31(32,33)34/h3-6,11-12,16,18-20H,7-10,13-15H2,1-2H3. The monoisotopic (exact) mass is 613 g/mol. The Bertz CT molecular complexity index is 1670. The van der Waals surface area contributed by atoms with Gasteiger partial charge in [0.05, 0.1) is 42.8 Å². The number of rotatable bonds is 8. The lowest BCUT2D eigenvalue weighted by Crippen LogP contribution is -2.45. The van der Waals surface area contributed by atoms with E-state index in [1.165, 1.54) is 30.6 Å². The van der Waals surface area contributed by atoms with Crippen molar-refractivity contribution in [3.05, 3.63) is 58.8 Å². The molecule has 0 radical (unpaired) electrons. The van der Waals surface area contributed by atoms with Crippen molar-refractivity contribution in [3.8, 4) is 17.0 Å². The van der Waals surface area contributed by atoms with Crippen LogP contribution in [0.25, 0.3) is 21.5 Å². The van der Waals surface area contributed by atoms with Crippen molar-refractivity contribution in [3.63, 3.8) is 0 Å². The van der Waals surface area contributed by atoms with Gasteiger partial charge in [-0.3, -0.25) is 0 Å². The molecule has 2 aromatic heterocycles. The quantitative estimate of drug-likeness (QED) is 0.191. The molecule has 2 atom stereocenters. The van der Waals surface area contributed by atoms with Crippen LogP contribution >= 0.6 is 11.3 Å². The Kier molecular flexibility index (Phi) is 7.08. The zero-order valence-corrected chi connectivity index (χ0v) is 24.5. The van der Waals surface area contributed by atoms with Gasteiger partial charge in [-0.25, -0.2) is 9.78 Å². The number of carbonyl (C=O) groups is 1. The number of aromatic nitrogens is 2. The van der Waals surface area contributed by atoms with E-state index >= 15 is 0 Å². The molecule has 1 aliphatic carbocycles. The number of anilines is 1. The summed E-state index contributed by atoms with van der Waals surface area (Å²) in [6, 6.07) is 9.35. The summed E-state index contributed by atoms with van der Waals surface area (Å²) in [5.41, 5.74) is 1.23. The van der Waals surface area contributed by atoms with E-state index in [2.05, 4.69) is 10.1 Å². The summed E-state index contributed by atoms with van der Waals surface area (Å²) >= 11 is 1.52. The molecule has 2 aromatic carbocycles. The number of carbonyl (C=O) groups excluding carboxylic acids is 1. The lowest BCUT2D eigenvalue weighted by Gasteiger charge is -2.38. The molecule has 2 aliphatic heterocycles. The summed E-state index contributed by atoms with van der Waals surface area (Å²) in [7, 11) is 2.90. The van der Waals surface area contributed by atoms with E-state index < -0.39 is 17.7 Å². The van der Waals surface area contributed by atoms with Crippen molar-refractivity contribution in [2.45, 2.75) is 75.4 Å². The molecule has 0 N–H and O–H groups in total. The Labute approximate surface area is 249 Å². The average molecular weight is 614 g/mol. The normalized spacial score (nSPS) is 21.9. The fourth-order valence-electron chi connectivity index (χ4n) is 6.54. The van der Waals surface area contributed by atoms with Gasteiger partial charge in [0.25, 0.3) is 0 Å². The first-order valence-electron chi connectivity index (χ1n) is 14.4. The van der Waals surface area contributed by atoms with Gasteiger partial charge in [0.1, 0.15) is 22.7 Å². The number of alkyl halides is 3. The Morgan fingerprint density at radius 2 is 1.84 bits per heavy atom. The number of methoxy groups -OCH3 is 2.